The number of benzene rings is 1. The number of rotatable bonds is 0. The first kappa shape index (κ1) is 13.3. The van der Waals surface area contributed by atoms with Gasteiger partial charge in [0.05, 0.1) is 10.5 Å². The minimum atomic E-state index is -4.32. The SMILES string of the molecule is Cc1cc2ccc(F)cc2[s+]1C(F)(F)F.Cl. The number of halogens is 5. The summed E-state index contributed by atoms with van der Waals surface area (Å²) in [5, 5.41) is 0.467. The molecule has 88 valence electrons. The summed E-state index contributed by atoms with van der Waals surface area (Å²) in [6.45, 7) is 1.43. The predicted molar refractivity (Wildman–Crippen MR) is 59.7 cm³/mol. The first-order chi connectivity index (χ1) is 6.89. The molecule has 1 unspecified atom stereocenters. The van der Waals surface area contributed by atoms with Crippen molar-refractivity contribution in [2.24, 2.45) is 0 Å². The predicted octanol–water partition coefficient (Wildman–Crippen LogP) is 4.93. The fraction of sp³-hybridized carbons (Fsp3) is 0.200. The maximum absolute atomic E-state index is 12.9. The van der Waals surface area contributed by atoms with E-state index in [1.54, 1.807) is 0 Å². The molecule has 0 N–H and O–H groups in total. The third kappa shape index (κ3) is 2.15. The Balaban J connectivity index is 0.00000128. The summed E-state index contributed by atoms with van der Waals surface area (Å²) in [7, 11) is -1.95. The van der Waals surface area contributed by atoms with Crippen LogP contribution >= 0.6 is 22.9 Å². The highest BCUT2D eigenvalue weighted by molar-refractivity contribution is 7.38. The van der Waals surface area contributed by atoms with E-state index in [0.717, 1.165) is 6.07 Å². The van der Waals surface area contributed by atoms with Gasteiger partial charge in [-0.2, -0.15) is 0 Å². The Kier molecular flexibility index (Phi) is 3.50. The van der Waals surface area contributed by atoms with Crippen molar-refractivity contribution in [3.8, 4) is 0 Å². The molecule has 1 aromatic heterocycles. The van der Waals surface area contributed by atoms with Crippen LogP contribution in [0.5, 0.6) is 0 Å². The Morgan fingerprint density at radius 3 is 2.31 bits per heavy atom. The maximum atomic E-state index is 12.9. The van der Waals surface area contributed by atoms with Crippen LogP contribution < -0.4 is 0 Å². The fourth-order valence-electron chi connectivity index (χ4n) is 1.56. The Labute approximate surface area is 98.3 Å². The standard InChI is InChI=1S/C10H7F4S.ClH/c1-6-4-7-2-3-8(11)5-9(7)15(6)10(12,13)14;/h2-5H,1H3;1H/q+1;. The monoisotopic (exact) mass is 271 g/mol. The van der Waals surface area contributed by atoms with Gasteiger partial charge in [-0.15, -0.1) is 25.6 Å². The number of aryl methyl sites for hydroxylation is 1. The van der Waals surface area contributed by atoms with E-state index >= 15 is 0 Å². The van der Waals surface area contributed by atoms with Crippen molar-refractivity contribution in [1.29, 1.82) is 0 Å². The zero-order chi connectivity index (χ0) is 11.2. The Hall–Kier alpha value is -0.810. The molecule has 6 heteroatoms. The highest BCUT2D eigenvalue weighted by Gasteiger charge is 2.46. The summed E-state index contributed by atoms with van der Waals surface area (Å²) < 4.78 is 50.9. The third-order valence-electron chi connectivity index (χ3n) is 2.11. The molecule has 0 radical (unpaired) electrons. The highest BCUT2D eigenvalue weighted by atomic mass is 35.5. The van der Waals surface area contributed by atoms with E-state index in [2.05, 4.69) is 0 Å². The third-order valence-corrected chi connectivity index (χ3v) is 4.13. The number of hydrogen-bond acceptors (Lipinski definition) is 0. The van der Waals surface area contributed by atoms with Crippen molar-refractivity contribution in [3.05, 3.63) is 35.0 Å². The van der Waals surface area contributed by atoms with E-state index in [-0.39, 0.29) is 22.0 Å². The van der Waals surface area contributed by atoms with Crippen molar-refractivity contribution in [1.82, 2.24) is 0 Å². The molecular formula is C10H8ClF4S+. The molecular weight excluding hydrogens is 264 g/mol. The lowest BCUT2D eigenvalue weighted by molar-refractivity contribution is -0.0867. The van der Waals surface area contributed by atoms with Crippen LogP contribution in [-0.4, -0.2) is 0 Å². The number of thiophene rings is 1. The number of hydrogen-bond donors (Lipinski definition) is 0. The summed E-state index contributed by atoms with van der Waals surface area (Å²) in [4.78, 5) is 0.239. The van der Waals surface area contributed by atoms with Crippen LogP contribution in [0.3, 0.4) is 0 Å². The van der Waals surface area contributed by atoms with Gasteiger partial charge >= 0.3 is 5.51 Å². The van der Waals surface area contributed by atoms with E-state index < -0.39 is 21.8 Å². The maximum Gasteiger partial charge on any atom is 0.600 e. The van der Waals surface area contributed by atoms with Crippen LogP contribution in [0.4, 0.5) is 17.6 Å². The first-order valence-corrected chi connectivity index (χ1v) is 5.41. The normalized spacial score (nSPS) is 12.7. The molecule has 0 saturated heterocycles. The van der Waals surface area contributed by atoms with Crippen LogP contribution in [0.2, 0.25) is 0 Å². The van der Waals surface area contributed by atoms with E-state index in [4.69, 9.17) is 0 Å². The van der Waals surface area contributed by atoms with Gasteiger partial charge in [0.2, 0.25) is 0 Å². The molecule has 0 aliphatic heterocycles. The van der Waals surface area contributed by atoms with Crippen molar-refractivity contribution in [2.75, 3.05) is 0 Å². The van der Waals surface area contributed by atoms with Gasteiger partial charge in [0.25, 0.3) is 0 Å². The fourth-order valence-corrected chi connectivity index (χ4v) is 3.36. The second-order valence-electron chi connectivity index (χ2n) is 3.19. The minimum Gasteiger partial charge on any atom is -0.207 e. The van der Waals surface area contributed by atoms with E-state index in [0.29, 0.717) is 5.39 Å². The van der Waals surface area contributed by atoms with Crippen molar-refractivity contribution >= 4 is 33.0 Å². The molecule has 0 aliphatic rings. The van der Waals surface area contributed by atoms with Crippen molar-refractivity contribution in [3.63, 3.8) is 0 Å². The summed E-state index contributed by atoms with van der Waals surface area (Å²) in [6.07, 6.45) is 0. The van der Waals surface area contributed by atoms with Gasteiger partial charge in [0, 0.05) is 24.4 Å². The van der Waals surface area contributed by atoms with Crippen LogP contribution in [-0.2, 0) is 5.51 Å². The summed E-state index contributed by atoms with van der Waals surface area (Å²) in [5.74, 6) is -0.626. The van der Waals surface area contributed by atoms with Crippen molar-refractivity contribution < 1.29 is 17.6 Å². The largest absolute Gasteiger partial charge is 0.600 e. The highest BCUT2D eigenvalue weighted by Crippen LogP contribution is 2.50. The quantitative estimate of drug-likeness (QED) is 0.470. The summed E-state index contributed by atoms with van der Waals surface area (Å²) in [6, 6.07) is 4.99. The minimum absolute atomic E-state index is 0. The van der Waals surface area contributed by atoms with Gasteiger partial charge in [-0.3, -0.25) is 0 Å². The smallest absolute Gasteiger partial charge is 0.207 e. The molecule has 1 atom stereocenters. The van der Waals surface area contributed by atoms with Crippen molar-refractivity contribution in [2.45, 2.75) is 12.4 Å². The lowest BCUT2D eigenvalue weighted by Gasteiger charge is -1.96. The average Bonchev–Trinajstić information content (AvgIpc) is 2.38. The summed E-state index contributed by atoms with van der Waals surface area (Å²) in [5.41, 5.74) is -4.32. The van der Waals surface area contributed by atoms with Gasteiger partial charge in [0.15, 0.2) is 9.58 Å². The molecule has 2 rings (SSSR count). The van der Waals surface area contributed by atoms with E-state index in [1.165, 1.54) is 25.1 Å². The molecule has 1 heterocycles. The number of alkyl halides is 3. The van der Waals surface area contributed by atoms with Gasteiger partial charge in [-0.1, -0.05) is 0 Å². The van der Waals surface area contributed by atoms with Crippen LogP contribution in [0.25, 0.3) is 10.1 Å². The van der Waals surface area contributed by atoms with E-state index in [9.17, 15) is 17.6 Å². The molecule has 0 amide bonds. The average molecular weight is 272 g/mol. The Morgan fingerprint density at radius 2 is 1.75 bits per heavy atom. The van der Waals surface area contributed by atoms with Gasteiger partial charge < -0.3 is 0 Å². The van der Waals surface area contributed by atoms with Crippen LogP contribution in [0, 0.1) is 12.7 Å². The molecule has 0 spiro atoms. The Bertz CT molecular complexity index is 515. The molecule has 16 heavy (non-hydrogen) atoms. The lowest BCUT2D eigenvalue weighted by Crippen LogP contribution is -1.96. The molecule has 0 saturated carbocycles. The topological polar surface area (TPSA) is 0 Å². The molecule has 0 fully saturated rings. The second kappa shape index (κ2) is 4.22. The molecule has 0 bridgehead atoms. The zero-order valence-electron chi connectivity index (χ0n) is 8.14. The molecule has 0 aliphatic carbocycles. The first-order valence-electron chi connectivity index (χ1n) is 4.18. The molecule has 1 aromatic carbocycles. The Morgan fingerprint density at radius 1 is 1.12 bits per heavy atom. The van der Waals surface area contributed by atoms with Crippen LogP contribution in [0.15, 0.2) is 24.3 Å². The molecule has 2 aromatic rings. The second-order valence-corrected chi connectivity index (χ2v) is 5.35. The molecule has 0 nitrogen and oxygen atoms in total. The number of fused-ring (bicyclic) bond motifs is 1. The summed E-state index contributed by atoms with van der Waals surface area (Å²) >= 11 is 0. The van der Waals surface area contributed by atoms with Gasteiger partial charge in [-0.05, 0) is 12.1 Å². The van der Waals surface area contributed by atoms with Crippen LogP contribution in [0.1, 0.15) is 4.88 Å². The van der Waals surface area contributed by atoms with E-state index in [1.807, 2.05) is 0 Å². The van der Waals surface area contributed by atoms with Gasteiger partial charge in [-0.25, -0.2) is 4.39 Å². The zero-order valence-corrected chi connectivity index (χ0v) is 9.77. The lowest BCUT2D eigenvalue weighted by atomic mass is 10.2. The van der Waals surface area contributed by atoms with Gasteiger partial charge in [0.1, 0.15) is 5.82 Å².